The summed E-state index contributed by atoms with van der Waals surface area (Å²) in [4.78, 5) is 4.31. The summed E-state index contributed by atoms with van der Waals surface area (Å²) in [7, 11) is 1.90. The third-order valence-electron chi connectivity index (χ3n) is 3.42. The molecule has 5 nitrogen and oxygen atoms in total. The average molecular weight is 268 g/mol. The lowest BCUT2D eigenvalue weighted by atomic mass is 10.2. The molecular weight excluding hydrogens is 252 g/mol. The number of pyridine rings is 1. The van der Waals surface area contributed by atoms with Gasteiger partial charge < -0.3 is 10.5 Å². The summed E-state index contributed by atoms with van der Waals surface area (Å²) in [5.74, 6) is 1.52. The Bertz CT molecular complexity index is 792. The maximum Gasteiger partial charge on any atom is 0.171 e. The molecule has 0 saturated heterocycles. The second kappa shape index (κ2) is 4.52. The lowest BCUT2D eigenvalue weighted by molar-refractivity contribution is 0.479. The molecule has 3 aromatic rings. The maximum absolute atomic E-state index is 6.05. The molecule has 2 heterocycles. The first-order chi connectivity index (χ1) is 9.58. The van der Waals surface area contributed by atoms with Crippen LogP contribution in [0.4, 0.5) is 5.69 Å². The Morgan fingerprint density at radius 1 is 1.20 bits per heavy atom. The van der Waals surface area contributed by atoms with E-state index in [0.29, 0.717) is 5.69 Å². The molecule has 2 aromatic heterocycles. The first-order valence-corrected chi connectivity index (χ1v) is 6.39. The maximum atomic E-state index is 6.05. The molecule has 0 aliphatic rings. The molecule has 0 amide bonds. The second-order valence-corrected chi connectivity index (χ2v) is 4.78. The van der Waals surface area contributed by atoms with E-state index < -0.39 is 0 Å². The molecule has 3 rings (SSSR count). The number of aromatic nitrogens is 3. The van der Waals surface area contributed by atoms with E-state index in [2.05, 4.69) is 10.1 Å². The Morgan fingerprint density at radius 3 is 2.70 bits per heavy atom. The predicted octanol–water partition coefficient (Wildman–Crippen LogP) is 2.96. The Balaban J connectivity index is 2.14. The summed E-state index contributed by atoms with van der Waals surface area (Å²) >= 11 is 0. The van der Waals surface area contributed by atoms with Crippen molar-refractivity contribution in [3.8, 4) is 11.5 Å². The van der Waals surface area contributed by atoms with E-state index in [1.165, 1.54) is 0 Å². The van der Waals surface area contributed by atoms with Gasteiger partial charge in [0.15, 0.2) is 5.75 Å². The Kier molecular flexibility index (Phi) is 2.82. The van der Waals surface area contributed by atoms with Crippen LogP contribution < -0.4 is 10.5 Å². The average Bonchev–Trinajstić information content (AvgIpc) is 2.66. The molecule has 102 valence electrons. The van der Waals surface area contributed by atoms with Crippen LogP contribution in [0.5, 0.6) is 11.5 Å². The van der Waals surface area contributed by atoms with Gasteiger partial charge in [-0.1, -0.05) is 6.07 Å². The van der Waals surface area contributed by atoms with Crippen molar-refractivity contribution in [2.24, 2.45) is 7.05 Å². The highest BCUT2D eigenvalue weighted by molar-refractivity contribution is 5.93. The van der Waals surface area contributed by atoms with Crippen LogP contribution in [0.1, 0.15) is 11.4 Å². The summed E-state index contributed by atoms with van der Waals surface area (Å²) in [6, 6.07) is 7.53. The summed E-state index contributed by atoms with van der Waals surface area (Å²) in [6.45, 7) is 3.91. The van der Waals surface area contributed by atoms with Crippen LogP contribution in [0, 0.1) is 13.8 Å². The van der Waals surface area contributed by atoms with E-state index in [9.17, 15) is 0 Å². The predicted molar refractivity (Wildman–Crippen MR) is 78.9 cm³/mol. The SMILES string of the molecule is Cc1nn(C)c(C)c1Oc1ccnc2c(N)cccc12. The number of hydrogen-bond acceptors (Lipinski definition) is 4. The standard InChI is InChI=1S/C15H16N4O/c1-9-15(10(2)19(3)18-9)20-13-7-8-17-14-11(13)5-4-6-12(14)16/h4-8H,16H2,1-3H3. The quantitative estimate of drug-likeness (QED) is 0.726. The molecule has 0 spiro atoms. The minimum Gasteiger partial charge on any atom is -0.453 e. The summed E-state index contributed by atoms with van der Waals surface area (Å²) in [6.07, 6.45) is 1.70. The molecule has 20 heavy (non-hydrogen) atoms. The molecule has 0 radical (unpaired) electrons. The summed E-state index contributed by atoms with van der Waals surface area (Å²) < 4.78 is 7.86. The zero-order chi connectivity index (χ0) is 14.3. The molecule has 0 unspecified atom stereocenters. The zero-order valence-electron chi connectivity index (χ0n) is 11.7. The summed E-state index contributed by atoms with van der Waals surface area (Å²) in [5, 5.41) is 5.25. The molecule has 0 fully saturated rings. The van der Waals surface area contributed by atoms with Crippen LogP contribution in [-0.2, 0) is 7.05 Å². The molecular formula is C15H16N4O. The monoisotopic (exact) mass is 268 g/mol. The van der Waals surface area contributed by atoms with Gasteiger partial charge in [-0.15, -0.1) is 0 Å². The smallest absolute Gasteiger partial charge is 0.171 e. The van der Waals surface area contributed by atoms with Crippen LogP contribution in [0.3, 0.4) is 0 Å². The Morgan fingerprint density at radius 2 is 2.00 bits per heavy atom. The molecule has 0 atom stereocenters. The van der Waals surface area contributed by atoms with Gasteiger partial charge in [-0.05, 0) is 32.0 Å². The van der Waals surface area contributed by atoms with Crippen LogP contribution >= 0.6 is 0 Å². The number of nitrogens with zero attached hydrogens (tertiary/aromatic N) is 3. The second-order valence-electron chi connectivity index (χ2n) is 4.78. The number of benzene rings is 1. The van der Waals surface area contributed by atoms with Crippen molar-refractivity contribution in [2.75, 3.05) is 5.73 Å². The third-order valence-corrected chi connectivity index (χ3v) is 3.42. The zero-order valence-corrected chi connectivity index (χ0v) is 11.7. The van der Waals surface area contributed by atoms with Crippen molar-refractivity contribution in [2.45, 2.75) is 13.8 Å². The van der Waals surface area contributed by atoms with E-state index in [1.54, 1.807) is 6.20 Å². The van der Waals surface area contributed by atoms with Gasteiger partial charge in [0.05, 0.1) is 16.9 Å². The van der Waals surface area contributed by atoms with Gasteiger partial charge in [0, 0.05) is 18.6 Å². The third kappa shape index (κ3) is 1.87. The van der Waals surface area contributed by atoms with Gasteiger partial charge in [-0.25, -0.2) is 0 Å². The highest BCUT2D eigenvalue weighted by Crippen LogP contribution is 2.33. The molecule has 1 aromatic carbocycles. The number of anilines is 1. The van der Waals surface area contributed by atoms with E-state index in [0.717, 1.165) is 33.8 Å². The van der Waals surface area contributed by atoms with E-state index >= 15 is 0 Å². The topological polar surface area (TPSA) is 66.0 Å². The number of nitrogens with two attached hydrogens (primary N) is 1. The number of ether oxygens (including phenoxy) is 1. The van der Waals surface area contributed by atoms with Crippen molar-refractivity contribution < 1.29 is 4.74 Å². The minimum atomic E-state index is 0.646. The first kappa shape index (κ1) is 12.5. The van der Waals surface area contributed by atoms with Crippen LogP contribution in [0.25, 0.3) is 10.9 Å². The lowest BCUT2D eigenvalue weighted by Gasteiger charge is -2.09. The number of nitrogen functional groups attached to an aromatic ring is 1. The highest BCUT2D eigenvalue weighted by Gasteiger charge is 2.13. The Labute approximate surface area is 117 Å². The molecule has 0 aliphatic carbocycles. The fraction of sp³-hybridized carbons (Fsp3) is 0.200. The van der Waals surface area contributed by atoms with Crippen LogP contribution in [-0.4, -0.2) is 14.8 Å². The van der Waals surface area contributed by atoms with E-state index in [1.807, 2.05) is 49.8 Å². The van der Waals surface area contributed by atoms with Crippen LogP contribution in [0.15, 0.2) is 30.5 Å². The van der Waals surface area contributed by atoms with Crippen molar-refractivity contribution in [1.82, 2.24) is 14.8 Å². The summed E-state index contributed by atoms with van der Waals surface area (Å²) in [5.41, 5.74) is 9.19. The van der Waals surface area contributed by atoms with Crippen molar-refractivity contribution >= 4 is 16.6 Å². The highest BCUT2D eigenvalue weighted by atomic mass is 16.5. The van der Waals surface area contributed by atoms with Crippen molar-refractivity contribution in [3.63, 3.8) is 0 Å². The fourth-order valence-electron chi connectivity index (χ4n) is 2.27. The number of rotatable bonds is 2. The van der Waals surface area contributed by atoms with Gasteiger partial charge in [0.2, 0.25) is 0 Å². The molecule has 5 heteroatoms. The Hall–Kier alpha value is -2.56. The number of para-hydroxylation sites is 1. The first-order valence-electron chi connectivity index (χ1n) is 6.39. The number of aryl methyl sites for hydroxylation is 2. The van der Waals surface area contributed by atoms with E-state index in [-0.39, 0.29) is 0 Å². The lowest BCUT2D eigenvalue weighted by Crippen LogP contribution is -1.94. The number of fused-ring (bicyclic) bond motifs is 1. The fourth-order valence-corrected chi connectivity index (χ4v) is 2.27. The van der Waals surface area contributed by atoms with Gasteiger partial charge in [0.1, 0.15) is 11.4 Å². The van der Waals surface area contributed by atoms with Gasteiger partial charge in [-0.3, -0.25) is 9.67 Å². The molecule has 2 N–H and O–H groups in total. The largest absolute Gasteiger partial charge is 0.453 e. The molecule has 0 bridgehead atoms. The molecule has 0 aliphatic heterocycles. The van der Waals surface area contributed by atoms with Gasteiger partial charge in [0.25, 0.3) is 0 Å². The number of hydrogen-bond donors (Lipinski definition) is 1. The van der Waals surface area contributed by atoms with Gasteiger partial charge in [-0.2, -0.15) is 5.10 Å². The normalized spacial score (nSPS) is 10.9. The van der Waals surface area contributed by atoms with Crippen molar-refractivity contribution in [1.29, 1.82) is 0 Å². The minimum absolute atomic E-state index is 0.646. The van der Waals surface area contributed by atoms with E-state index in [4.69, 9.17) is 10.5 Å². The van der Waals surface area contributed by atoms with Gasteiger partial charge >= 0.3 is 0 Å². The molecule has 0 saturated carbocycles. The van der Waals surface area contributed by atoms with Crippen LogP contribution in [0.2, 0.25) is 0 Å². The van der Waals surface area contributed by atoms with Crippen molar-refractivity contribution in [3.05, 3.63) is 41.9 Å².